The molecule has 3 aromatic heterocycles. The number of anilines is 1. The predicted molar refractivity (Wildman–Crippen MR) is 145 cm³/mol. The Kier molecular flexibility index (Phi) is 7.50. The van der Waals surface area contributed by atoms with Gasteiger partial charge in [0.15, 0.2) is 5.69 Å². The zero-order valence-corrected chi connectivity index (χ0v) is 22.1. The van der Waals surface area contributed by atoms with Crippen LogP contribution in [0.2, 0.25) is 0 Å². The van der Waals surface area contributed by atoms with Crippen LogP contribution in [0.25, 0.3) is 32.6 Å². The summed E-state index contributed by atoms with van der Waals surface area (Å²) in [5.41, 5.74) is -1.12. The van der Waals surface area contributed by atoms with E-state index in [2.05, 4.69) is 25.9 Å². The van der Waals surface area contributed by atoms with E-state index in [-0.39, 0.29) is 28.3 Å². The number of aromatic carboxylic acids is 1. The lowest BCUT2D eigenvalue weighted by Crippen LogP contribution is -2.28. The van der Waals surface area contributed by atoms with Crippen LogP contribution < -0.4 is 21.4 Å². The molecule has 0 bridgehead atoms. The van der Waals surface area contributed by atoms with Gasteiger partial charge in [-0.1, -0.05) is 6.07 Å². The molecule has 0 spiro atoms. The number of benzene rings is 1. The average molecular weight is 589 g/mol. The molecular weight excluding hydrogens is 565 g/mol. The maximum absolute atomic E-state index is 13.4. The third-order valence-electron chi connectivity index (χ3n) is 6.59. The minimum atomic E-state index is -4.68. The van der Waals surface area contributed by atoms with Crippen LogP contribution >= 0.6 is 11.3 Å². The molecule has 1 saturated heterocycles. The van der Waals surface area contributed by atoms with Crippen molar-refractivity contribution in [2.75, 3.05) is 25.0 Å². The molecule has 4 heterocycles. The fourth-order valence-corrected chi connectivity index (χ4v) is 5.52. The van der Waals surface area contributed by atoms with E-state index in [0.29, 0.717) is 29.7 Å². The van der Waals surface area contributed by atoms with Gasteiger partial charge < -0.3 is 25.4 Å². The fraction of sp³-hybridized carbons (Fsp3) is 0.269. The van der Waals surface area contributed by atoms with Gasteiger partial charge in [-0.3, -0.25) is 10.1 Å². The molecule has 0 radical (unpaired) electrons. The first-order valence-corrected chi connectivity index (χ1v) is 13.2. The van der Waals surface area contributed by atoms with Crippen molar-refractivity contribution in [3.05, 3.63) is 63.5 Å². The van der Waals surface area contributed by atoms with Gasteiger partial charge in [0.1, 0.15) is 16.4 Å². The molecule has 1 fully saturated rings. The number of rotatable bonds is 6. The molecule has 11 nitrogen and oxygen atoms in total. The summed E-state index contributed by atoms with van der Waals surface area (Å²) in [4.78, 5) is 45.2. The largest absolute Gasteiger partial charge is 0.477 e. The molecule has 41 heavy (non-hydrogen) atoms. The van der Waals surface area contributed by atoms with Crippen LogP contribution in [0.15, 0.2) is 46.8 Å². The number of carbonyl (C=O) groups is 2. The van der Waals surface area contributed by atoms with E-state index in [1.54, 1.807) is 23.6 Å². The second kappa shape index (κ2) is 10.9. The molecule has 1 aliphatic heterocycles. The van der Waals surface area contributed by atoms with Gasteiger partial charge in [0.2, 0.25) is 5.43 Å². The van der Waals surface area contributed by atoms with E-state index in [1.165, 1.54) is 24.5 Å². The number of carboxylic acids is 1. The minimum absolute atomic E-state index is 0.00868. The lowest BCUT2D eigenvalue weighted by Gasteiger charge is -2.21. The third kappa shape index (κ3) is 5.51. The van der Waals surface area contributed by atoms with Crippen molar-refractivity contribution in [1.29, 1.82) is 0 Å². The van der Waals surface area contributed by atoms with Crippen molar-refractivity contribution in [1.82, 2.24) is 25.2 Å². The van der Waals surface area contributed by atoms with Crippen LogP contribution in [0.1, 0.15) is 29.0 Å². The number of nitrogens with zero attached hydrogens (tertiary/aromatic N) is 3. The van der Waals surface area contributed by atoms with Crippen LogP contribution in [0.5, 0.6) is 0 Å². The quantitative estimate of drug-likeness (QED) is 0.229. The number of fused-ring (bicyclic) bond motifs is 1. The number of aliphatic hydroxyl groups is 1. The van der Waals surface area contributed by atoms with Gasteiger partial charge in [0.25, 0.3) is 0 Å². The standard InChI is InChI=1S/C26H23F3N6O5S/c1-2-31-25(40)34-21-6-13(23-33-20(11-41-23)26(27,28)29)15(7-32-21)12-3-4-17-14(5-12)22(37)16(24(38)39)10-35(17)18-8-30-9-19(18)36/h3-7,10-11,18-19,30,36H,2,8-9H2,1H3,(H,38,39)(H2,31,32,34,40)/t18-,19-/m1/s1. The minimum Gasteiger partial charge on any atom is -0.477 e. The first-order valence-electron chi connectivity index (χ1n) is 12.4. The first kappa shape index (κ1) is 28.2. The van der Waals surface area contributed by atoms with Crippen molar-refractivity contribution in [2.45, 2.75) is 25.2 Å². The second-order valence-electron chi connectivity index (χ2n) is 9.24. The number of hydrogen-bond acceptors (Lipinski definition) is 8. The van der Waals surface area contributed by atoms with Crippen molar-refractivity contribution < 1.29 is 33.0 Å². The zero-order chi connectivity index (χ0) is 29.5. The monoisotopic (exact) mass is 588 g/mol. The number of aliphatic hydroxyl groups excluding tert-OH is 1. The Labute approximate surface area is 233 Å². The van der Waals surface area contributed by atoms with E-state index < -0.39 is 47.0 Å². The van der Waals surface area contributed by atoms with Gasteiger partial charge >= 0.3 is 18.2 Å². The number of pyridine rings is 2. The number of aromatic nitrogens is 3. The van der Waals surface area contributed by atoms with E-state index in [1.807, 2.05) is 0 Å². The highest BCUT2D eigenvalue weighted by atomic mass is 32.1. The second-order valence-corrected chi connectivity index (χ2v) is 10.1. The van der Waals surface area contributed by atoms with Gasteiger partial charge in [-0.15, -0.1) is 11.3 Å². The Morgan fingerprint density at radius 2 is 2.00 bits per heavy atom. The summed E-state index contributed by atoms with van der Waals surface area (Å²) in [5.74, 6) is -1.39. The van der Waals surface area contributed by atoms with Gasteiger partial charge in [-0.25, -0.2) is 19.6 Å². The van der Waals surface area contributed by atoms with Gasteiger partial charge in [0, 0.05) is 53.9 Å². The molecule has 1 aromatic carbocycles. The molecule has 0 aliphatic carbocycles. The van der Waals surface area contributed by atoms with Gasteiger partial charge in [-0.2, -0.15) is 13.2 Å². The van der Waals surface area contributed by atoms with E-state index >= 15 is 0 Å². The third-order valence-corrected chi connectivity index (χ3v) is 7.47. The summed E-state index contributed by atoms with van der Waals surface area (Å²) in [6.45, 7) is 2.68. The molecule has 5 rings (SSSR count). The summed E-state index contributed by atoms with van der Waals surface area (Å²) >= 11 is 0.743. The highest BCUT2D eigenvalue weighted by molar-refractivity contribution is 7.13. The molecule has 2 amide bonds. The average Bonchev–Trinajstić information content (AvgIpc) is 3.58. The smallest absolute Gasteiger partial charge is 0.434 e. The van der Waals surface area contributed by atoms with E-state index in [9.17, 15) is 37.8 Å². The number of carbonyl (C=O) groups excluding carboxylic acids is 1. The van der Waals surface area contributed by atoms with Crippen molar-refractivity contribution in [2.24, 2.45) is 0 Å². The van der Waals surface area contributed by atoms with Crippen molar-refractivity contribution in [3.63, 3.8) is 0 Å². The SMILES string of the molecule is CCNC(=O)Nc1cc(-c2nc(C(F)(F)F)cs2)c(-c2ccc3c(c2)c(=O)c(C(=O)O)cn3[C@@H]2CNC[C@H]2O)cn1. The number of halogens is 3. The predicted octanol–water partition coefficient (Wildman–Crippen LogP) is 3.55. The van der Waals surface area contributed by atoms with Crippen molar-refractivity contribution in [3.8, 4) is 21.7 Å². The molecule has 15 heteroatoms. The topological polar surface area (TPSA) is 158 Å². The summed E-state index contributed by atoms with van der Waals surface area (Å²) in [7, 11) is 0. The number of urea groups is 1. The summed E-state index contributed by atoms with van der Waals surface area (Å²) in [5, 5.41) is 29.1. The molecule has 214 valence electrons. The number of nitrogens with one attached hydrogen (secondary N) is 3. The Hall–Kier alpha value is -4.34. The summed E-state index contributed by atoms with van der Waals surface area (Å²) in [6.07, 6.45) is -2.96. The van der Waals surface area contributed by atoms with Crippen LogP contribution in [0.3, 0.4) is 0 Å². The Balaban J connectivity index is 1.70. The maximum atomic E-state index is 13.4. The fourth-order valence-electron chi connectivity index (χ4n) is 4.66. The molecule has 5 N–H and O–H groups in total. The van der Waals surface area contributed by atoms with Crippen LogP contribution in [-0.4, -0.2) is 62.5 Å². The molecule has 1 aliphatic rings. The normalized spacial score (nSPS) is 17.1. The Morgan fingerprint density at radius 1 is 1.22 bits per heavy atom. The summed E-state index contributed by atoms with van der Waals surface area (Å²) in [6, 6.07) is 4.91. The lowest BCUT2D eigenvalue weighted by molar-refractivity contribution is -0.140. The number of carboxylic acid groups (broad SMARTS) is 1. The van der Waals surface area contributed by atoms with Crippen LogP contribution in [-0.2, 0) is 6.18 Å². The van der Waals surface area contributed by atoms with Crippen LogP contribution in [0, 0.1) is 0 Å². The number of thiazole rings is 1. The number of β-amino-alcohol motifs (C(OH)–C–C–N with tert-alkyl or cyclic N) is 1. The van der Waals surface area contributed by atoms with E-state index in [0.717, 1.165) is 16.7 Å². The molecule has 0 saturated carbocycles. The van der Waals surface area contributed by atoms with Crippen LogP contribution in [0.4, 0.5) is 23.8 Å². The zero-order valence-electron chi connectivity index (χ0n) is 21.3. The number of amides is 2. The molecule has 2 atom stereocenters. The molecular formula is C26H23F3N6O5S. The highest BCUT2D eigenvalue weighted by Crippen LogP contribution is 2.39. The lowest BCUT2D eigenvalue weighted by atomic mass is 9.99. The Morgan fingerprint density at radius 3 is 2.63 bits per heavy atom. The number of alkyl halides is 3. The van der Waals surface area contributed by atoms with E-state index in [4.69, 9.17) is 0 Å². The number of hydrogen-bond donors (Lipinski definition) is 5. The van der Waals surface area contributed by atoms with Gasteiger partial charge in [-0.05, 0) is 30.7 Å². The molecule has 4 aromatic rings. The molecule has 0 unspecified atom stereocenters. The first-order chi connectivity index (χ1) is 19.5. The van der Waals surface area contributed by atoms with Gasteiger partial charge in [0.05, 0.1) is 17.7 Å². The maximum Gasteiger partial charge on any atom is 0.434 e. The highest BCUT2D eigenvalue weighted by Gasteiger charge is 2.34. The Bertz CT molecular complexity index is 1720. The summed E-state index contributed by atoms with van der Waals surface area (Å²) < 4.78 is 41.6. The van der Waals surface area contributed by atoms with Crippen molar-refractivity contribution >= 4 is 40.1 Å².